The van der Waals surface area contributed by atoms with Gasteiger partial charge < -0.3 is 14.7 Å². The van der Waals surface area contributed by atoms with Gasteiger partial charge in [-0.1, -0.05) is 0 Å². The van der Waals surface area contributed by atoms with Crippen LogP contribution in [0.3, 0.4) is 0 Å². The highest BCUT2D eigenvalue weighted by atomic mass is 16.6. The Hall–Kier alpha value is -2.48. The maximum Gasteiger partial charge on any atom is 0.335 e. The Labute approximate surface area is 144 Å². The van der Waals surface area contributed by atoms with Crippen LogP contribution < -0.4 is 0 Å². The number of amides is 1. The van der Waals surface area contributed by atoms with E-state index in [1.54, 1.807) is 4.90 Å². The number of ether oxygens (including phenoxy) is 1. The predicted octanol–water partition coefficient (Wildman–Crippen LogP) is 2.32. The number of non-ortho nitro benzene ring substituents is 1. The van der Waals surface area contributed by atoms with Crippen molar-refractivity contribution >= 4 is 17.6 Å². The molecule has 0 bridgehead atoms. The first-order chi connectivity index (χ1) is 12.0. The van der Waals surface area contributed by atoms with Crippen molar-refractivity contribution in [2.24, 2.45) is 5.92 Å². The molecule has 1 aromatic rings. The number of aromatic carboxylic acids is 1. The van der Waals surface area contributed by atoms with Gasteiger partial charge in [0, 0.05) is 43.5 Å². The molecule has 134 valence electrons. The van der Waals surface area contributed by atoms with E-state index in [9.17, 15) is 19.7 Å². The van der Waals surface area contributed by atoms with E-state index in [0.29, 0.717) is 25.7 Å². The molecular formula is C17H20N2O6. The minimum atomic E-state index is -1.29. The molecule has 0 saturated carbocycles. The molecule has 1 amide bonds. The van der Waals surface area contributed by atoms with Gasteiger partial charge in [-0.15, -0.1) is 0 Å². The Morgan fingerprint density at radius 1 is 1.16 bits per heavy atom. The number of nitro groups is 1. The molecule has 0 aliphatic carbocycles. The summed E-state index contributed by atoms with van der Waals surface area (Å²) in [6.45, 7) is 1.96. The van der Waals surface area contributed by atoms with Crippen LogP contribution in [0.1, 0.15) is 46.4 Å². The van der Waals surface area contributed by atoms with E-state index in [-0.39, 0.29) is 28.8 Å². The molecule has 8 heteroatoms. The molecule has 2 fully saturated rings. The maximum absolute atomic E-state index is 12.9. The van der Waals surface area contributed by atoms with E-state index in [1.165, 1.54) is 6.07 Å². The number of hydrogen-bond donors (Lipinski definition) is 1. The summed E-state index contributed by atoms with van der Waals surface area (Å²) in [4.78, 5) is 36.3. The standard InChI is InChI=1S/C17H20N2O6/c20-16(12-8-13(17(21)22)10-14(9-12)19(23)24)18-5-1-2-15(18)11-3-6-25-7-4-11/h8-11,15H,1-7H2,(H,21,22). The number of nitrogens with zero attached hydrogens (tertiary/aromatic N) is 2. The van der Waals surface area contributed by atoms with Crippen LogP contribution in [0.5, 0.6) is 0 Å². The summed E-state index contributed by atoms with van der Waals surface area (Å²) >= 11 is 0. The second-order valence-electron chi connectivity index (χ2n) is 6.49. The lowest BCUT2D eigenvalue weighted by Gasteiger charge is -2.34. The van der Waals surface area contributed by atoms with Crippen molar-refractivity contribution in [2.75, 3.05) is 19.8 Å². The van der Waals surface area contributed by atoms with E-state index in [4.69, 9.17) is 9.84 Å². The molecule has 0 spiro atoms. The van der Waals surface area contributed by atoms with Crippen LogP contribution >= 0.6 is 0 Å². The number of carboxylic acid groups (broad SMARTS) is 1. The molecule has 8 nitrogen and oxygen atoms in total. The fraction of sp³-hybridized carbons (Fsp3) is 0.529. The largest absolute Gasteiger partial charge is 0.478 e. The monoisotopic (exact) mass is 348 g/mol. The summed E-state index contributed by atoms with van der Waals surface area (Å²) < 4.78 is 5.38. The molecule has 1 aromatic carbocycles. The zero-order valence-electron chi connectivity index (χ0n) is 13.7. The summed E-state index contributed by atoms with van der Waals surface area (Å²) in [5.41, 5.74) is -0.574. The number of nitro benzene ring substituents is 1. The van der Waals surface area contributed by atoms with Crippen molar-refractivity contribution in [2.45, 2.75) is 31.7 Å². The second kappa shape index (κ2) is 7.18. The lowest BCUT2D eigenvalue weighted by atomic mass is 9.90. The molecule has 0 aromatic heterocycles. The number of carboxylic acids is 1. The van der Waals surface area contributed by atoms with Crippen LogP contribution in [-0.4, -0.2) is 52.6 Å². The molecule has 1 atom stereocenters. The highest BCUT2D eigenvalue weighted by molar-refractivity contribution is 5.98. The van der Waals surface area contributed by atoms with Crippen LogP contribution in [0.4, 0.5) is 5.69 Å². The first-order valence-electron chi connectivity index (χ1n) is 8.39. The number of carbonyl (C=O) groups excluding carboxylic acids is 1. The van der Waals surface area contributed by atoms with Crippen molar-refractivity contribution in [3.05, 3.63) is 39.4 Å². The van der Waals surface area contributed by atoms with E-state index in [1.807, 2.05) is 0 Å². The van der Waals surface area contributed by atoms with Crippen LogP contribution in [0.25, 0.3) is 0 Å². The normalized spacial score (nSPS) is 21.3. The number of likely N-dealkylation sites (tertiary alicyclic amines) is 1. The number of carbonyl (C=O) groups is 2. The molecule has 2 aliphatic heterocycles. The SMILES string of the molecule is O=C(O)c1cc(C(=O)N2CCCC2C2CCOCC2)cc([N+](=O)[O-])c1. The first-order valence-corrected chi connectivity index (χ1v) is 8.39. The highest BCUT2D eigenvalue weighted by Gasteiger charge is 2.36. The lowest BCUT2D eigenvalue weighted by Crippen LogP contribution is -2.42. The van der Waals surface area contributed by atoms with Gasteiger partial charge in [-0.3, -0.25) is 14.9 Å². The van der Waals surface area contributed by atoms with Crippen molar-refractivity contribution in [1.29, 1.82) is 0 Å². The average Bonchev–Trinajstić information content (AvgIpc) is 3.11. The van der Waals surface area contributed by atoms with Gasteiger partial charge >= 0.3 is 5.97 Å². The third-order valence-corrected chi connectivity index (χ3v) is 4.99. The van der Waals surface area contributed by atoms with Gasteiger partial charge in [-0.25, -0.2) is 4.79 Å². The number of rotatable bonds is 4. The Bertz CT molecular complexity index is 666. The van der Waals surface area contributed by atoms with Crippen molar-refractivity contribution < 1.29 is 24.4 Å². The van der Waals surface area contributed by atoms with Crippen LogP contribution in [-0.2, 0) is 4.74 Å². The van der Waals surface area contributed by atoms with Crippen molar-refractivity contribution in [3.8, 4) is 0 Å². The smallest absolute Gasteiger partial charge is 0.335 e. The van der Waals surface area contributed by atoms with Gasteiger partial charge in [0.1, 0.15) is 0 Å². The van der Waals surface area contributed by atoms with Crippen LogP contribution in [0.2, 0.25) is 0 Å². The second-order valence-corrected chi connectivity index (χ2v) is 6.49. The summed E-state index contributed by atoms with van der Waals surface area (Å²) in [5.74, 6) is -1.27. The van der Waals surface area contributed by atoms with Gasteiger partial charge in [-0.2, -0.15) is 0 Å². The summed E-state index contributed by atoms with van der Waals surface area (Å²) in [7, 11) is 0. The number of benzene rings is 1. The molecular weight excluding hydrogens is 328 g/mol. The van der Waals surface area contributed by atoms with E-state index < -0.39 is 10.9 Å². The van der Waals surface area contributed by atoms with E-state index in [0.717, 1.165) is 37.8 Å². The Morgan fingerprint density at radius 3 is 2.48 bits per heavy atom. The zero-order chi connectivity index (χ0) is 18.0. The molecule has 0 radical (unpaired) electrons. The van der Waals surface area contributed by atoms with Gasteiger partial charge in [0.25, 0.3) is 11.6 Å². The zero-order valence-corrected chi connectivity index (χ0v) is 13.7. The Kier molecular flexibility index (Phi) is 4.98. The Balaban J connectivity index is 1.88. The first kappa shape index (κ1) is 17.3. The number of hydrogen-bond acceptors (Lipinski definition) is 5. The molecule has 2 heterocycles. The van der Waals surface area contributed by atoms with E-state index >= 15 is 0 Å². The van der Waals surface area contributed by atoms with Crippen molar-refractivity contribution in [1.82, 2.24) is 4.90 Å². The summed E-state index contributed by atoms with van der Waals surface area (Å²) in [5, 5.41) is 20.2. The topological polar surface area (TPSA) is 110 Å². The minimum absolute atomic E-state index is 0.0607. The molecule has 2 saturated heterocycles. The third-order valence-electron chi connectivity index (χ3n) is 4.99. The minimum Gasteiger partial charge on any atom is -0.478 e. The van der Waals surface area contributed by atoms with Gasteiger partial charge in [0.05, 0.1) is 10.5 Å². The maximum atomic E-state index is 12.9. The molecule has 25 heavy (non-hydrogen) atoms. The fourth-order valence-electron chi connectivity index (χ4n) is 3.76. The van der Waals surface area contributed by atoms with Gasteiger partial charge in [-0.05, 0) is 37.7 Å². The van der Waals surface area contributed by atoms with Crippen LogP contribution in [0.15, 0.2) is 18.2 Å². The van der Waals surface area contributed by atoms with Gasteiger partial charge in [0.15, 0.2) is 0 Å². The predicted molar refractivity (Wildman–Crippen MR) is 87.7 cm³/mol. The van der Waals surface area contributed by atoms with E-state index in [2.05, 4.69) is 0 Å². The Morgan fingerprint density at radius 2 is 1.84 bits per heavy atom. The third kappa shape index (κ3) is 3.63. The average molecular weight is 348 g/mol. The summed E-state index contributed by atoms with van der Waals surface area (Å²) in [6.07, 6.45) is 3.57. The molecule has 2 aliphatic rings. The molecule has 1 unspecified atom stereocenters. The van der Waals surface area contributed by atoms with Gasteiger partial charge in [0.2, 0.25) is 0 Å². The molecule has 1 N–H and O–H groups in total. The van der Waals surface area contributed by atoms with Crippen molar-refractivity contribution in [3.63, 3.8) is 0 Å². The fourth-order valence-corrected chi connectivity index (χ4v) is 3.76. The van der Waals surface area contributed by atoms with Crippen LogP contribution in [0, 0.1) is 16.0 Å². The lowest BCUT2D eigenvalue weighted by molar-refractivity contribution is -0.384. The molecule has 3 rings (SSSR count). The summed E-state index contributed by atoms with van der Waals surface area (Å²) in [6, 6.07) is 3.44. The highest BCUT2D eigenvalue weighted by Crippen LogP contribution is 2.32. The quantitative estimate of drug-likeness (QED) is 0.660.